The SMILES string of the molecule is Cc1ccc2ncn(CC(=O)NCC#CCNC(=O)Cn3cnc4ccc(C)cc43)c2c1. The Morgan fingerprint density at radius 1 is 0.781 bits per heavy atom. The molecule has 162 valence electrons. The van der Waals surface area contributed by atoms with Gasteiger partial charge >= 0.3 is 0 Å². The molecule has 0 aliphatic carbocycles. The third-order valence-corrected chi connectivity index (χ3v) is 5.05. The van der Waals surface area contributed by atoms with Gasteiger partial charge in [0.15, 0.2) is 0 Å². The van der Waals surface area contributed by atoms with E-state index in [1.807, 2.05) is 59.4 Å². The van der Waals surface area contributed by atoms with Crippen molar-refractivity contribution in [3.8, 4) is 11.8 Å². The van der Waals surface area contributed by atoms with Gasteiger partial charge in [0.1, 0.15) is 13.1 Å². The Hall–Kier alpha value is -4.12. The van der Waals surface area contributed by atoms with E-state index in [-0.39, 0.29) is 38.0 Å². The molecule has 4 rings (SSSR count). The number of carbonyl (C=O) groups is 2. The Morgan fingerprint density at radius 2 is 1.22 bits per heavy atom. The van der Waals surface area contributed by atoms with E-state index in [0.717, 1.165) is 33.2 Å². The number of nitrogens with one attached hydrogen (secondary N) is 2. The Balaban J connectivity index is 1.21. The van der Waals surface area contributed by atoms with Gasteiger partial charge in [-0.05, 0) is 49.2 Å². The van der Waals surface area contributed by atoms with Crippen molar-refractivity contribution in [3.05, 3.63) is 60.2 Å². The molecule has 0 aliphatic rings. The molecule has 0 aliphatic heterocycles. The van der Waals surface area contributed by atoms with Crippen LogP contribution in [0.15, 0.2) is 49.1 Å². The van der Waals surface area contributed by atoms with E-state index >= 15 is 0 Å². The molecule has 8 nitrogen and oxygen atoms in total. The van der Waals surface area contributed by atoms with Gasteiger partial charge in [0.2, 0.25) is 11.8 Å². The zero-order valence-electron chi connectivity index (χ0n) is 18.1. The smallest absolute Gasteiger partial charge is 0.240 e. The molecule has 0 bridgehead atoms. The molecule has 2 N–H and O–H groups in total. The summed E-state index contributed by atoms with van der Waals surface area (Å²) in [5.74, 6) is 5.41. The first-order valence-electron chi connectivity index (χ1n) is 10.3. The van der Waals surface area contributed by atoms with Gasteiger partial charge in [-0.1, -0.05) is 24.0 Å². The molecule has 2 heterocycles. The molecule has 2 aromatic carbocycles. The predicted molar refractivity (Wildman–Crippen MR) is 123 cm³/mol. The zero-order valence-corrected chi connectivity index (χ0v) is 18.1. The second-order valence-corrected chi connectivity index (χ2v) is 7.64. The Kier molecular flexibility index (Phi) is 6.17. The second-order valence-electron chi connectivity index (χ2n) is 7.64. The molecular formula is C24H24N6O2. The predicted octanol–water partition coefficient (Wildman–Crippen LogP) is 1.94. The summed E-state index contributed by atoms with van der Waals surface area (Å²) in [6, 6.07) is 11.9. The lowest BCUT2D eigenvalue weighted by molar-refractivity contribution is -0.122. The van der Waals surface area contributed by atoms with Gasteiger partial charge in [-0.2, -0.15) is 0 Å². The lowest BCUT2D eigenvalue weighted by Crippen LogP contribution is -2.29. The number of imidazole rings is 2. The van der Waals surface area contributed by atoms with E-state index in [1.165, 1.54) is 0 Å². The summed E-state index contributed by atoms with van der Waals surface area (Å²) in [6.45, 7) is 4.79. The number of hydrogen-bond donors (Lipinski definition) is 2. The van der Waals surface area contributed by atoms with E-state index in [2.05, 4.69) is 32.4 Å². The molecular weight excluding hydrogens is 404 g/mol. The molecule has 0 saturated heterocycles. The van der Waals surface area contributed by atoms with Crippen molar-refractivity contribution in [2.45, 2.75) is 26.9 Å². The van der Waals surface area contributed by atoms with Gasteiger partial charge in [0.25, 0.3) is 0 Å². The number of benzene rings is 2. The van der Waals surface area contributed by atoms with Crippen LogP contribution in [0.3, 0.4) is 0 Å². The van der Waals surface area contributed by atoms with Crippen molar-refractivity contribution < 1.29 is 9.59 Å². The van der Waals surface area contributed by atoms with Crippen LogP contribution in [0.1, 0.15) is 11.1 Å². The minimum Gasteiger partial charge on any atom is -0.344 e. The lowest BCUT2D eigenvalue weighted by atomic mass is 10.2. The molecule has 8 heteroatoms. The molecule has 0 atom stereocenters. The number of carbonyl (C=O) groups excluding carboxylic acids is 2. The fourth-order valence-corrected chi connectivity index (χ4v) is 3.42. The van der Waals surface area contributed by atoms with Crippen molar-refractivity contribution in [1.29, 1.82) is 0 Å². The van der Waals surface area contributed by atoms with Crippen LogP contribution in [-0.2, 0) is 22.7 Å². The number of nitrogens with zero attached hydrogens (tertiary/aromatic N) is 4. The maximum Gasteiger partial charge on any atom is 0.240 e. The third kappa shape index (κ3) is 4.95. The molecule has 32 heavy (non-hydrogen) atoms. The summed E-state index contributed by atoms with van der Waals surface area (Å²) in [5, 5.41) is 5.53. The summed E-state index contributed by atoms with van der Waals surface area (Å²) >= 11 is 0. The van der Waals surface area contributed by atoms with Crippen molar-refractivity contribution in [2.24, 2.45) is 0 Å². The average Bonchev–Trinajstić information content (AvgIpc) is 3.34. The molecule has 0 saturated carbocycles. The van der Waals surface area contributed by atoms with E-state index in [4.69, 9.17) is 0 Å². The van der Waals surface area contributed by atoms with E-state index < -0.39 is 0 Å². The summed E-state index contributed by atoms with van der Waals surface area (Å²) in [4.78, 5) is 33.0. The van der Waals surface area contributed by atoms with Gasteiger partial charge in [-0.3, -0.25) is 9.59 Å². The monoisotopic (exact) mass is 428 g/mol. The molecule has 0 radical (unpaired) electrons. The topological polar surface area (TPSA) is 93.8 Å². The van der Waals surface area contributed by atoms with Crippen LogP contribution in [0.2, 0.25) is 0 Å². The number of amides is 2. The van der Waals surface area contributed by atoms with Gasteiger partial charge in [-0.25, -0.2) is 9.97 Å². The minimum absolute atomic E-state index is 0.147. The fraction of sp³-hybridized carbons (Fsp3) is 0.250. The number of aryl methyl sites for hydroxylation is 2. The van der Waals surface area contributed by atoms with Crippen LogP contribution in [0, 0.1) is 25.7 Å². The maximum atomic E-state index is 12.2. The number of fused-ring (bicyclic) bond motifs is 2. The molecule has 0 fully saturated rings. The Morgan fingerprint density at radius 3 is 1.66 bits per heavy atom. The number of rotatable bonds is 6. The maximum absolute atomic E-state index is 12.2. The standard InChI is InChI=1S/C24H24N6O2/c1-17-5-7-19-21(11-17)29(15-27-19)13-23(31)25-9-3-4-10-26-24(32)14-30-16-28-20-8-6-18(2)12-22(20)30/h5-8,11-12,15-16H,9-10,13-14H2,1-2H3,(H,25,31)(H,26,32). The van der Waals surface area contributed by atoms with E-state index in [0.29, 0.717) is 0 Å². The van der Waals surface area contributed by atoms with Crippen LogP contribution >= 0.6 is 0 Å². The normalized spacial score (nSPS) is 10.7. The fourth-order valence-electron chi connectivity index (χ4n) is 3.42. The number of hydrogen-bond acceptors (Lipinski definition) is 4. The molecule has 0 spiro atoms. The van der Waals surface area contributed by atoms with E-state index in [9.17, 15) is 9.59 Å². The third-order valence-electron chi connectivity index (χ3n) is 5.05. The van der Waals surface area contributed by atoms with Gasteiger partial charge in [0.05, 0.1) is 47.8 Å². The first-order chi connectivity index (χ1) is 15.5. The summed E-state index contributed by atoms with van der Waals surface area (Å²) < 4.78 is 3.62. The molecule has 2 amide bonds. The van der Waals surface area contributed by atoms with E-state index in [1.54, 1.807) is 12.7 Å². The minimum atomic E-state index is -0.147. The lowest BCUT2D eigenvalue weighted by Gasteiger charge is -2.05. The van der Waals surface area contributed by atoms with Gasteiger partial charge in [0, 0.05) is 0 Å². The summed E-state index contributed by atoms with van der Waals surface area (Å²) in [7, 11) is 0. The molecule has 0 unspecified atom stereocenters. The highest BCUT2D eigenvalue weighted by Gasteiger charge is 2.08. The first kappa shape index (κ1) is 21.1. The summed E-state index contributed by atoms with van der Waals surface area (Å²) in [5.41, 5.74) is 5.80. The molecule has 2 aromatic heterocycles. The first-order valence-corrected chi connectivity index (χ1v) is 10.3. The van der Waals surface area contributed by atoms with Crippen LogP contribution in [0.5, 0.6) is 0 Å². The second kappa shape index (κ2) is 9.35. The average molecular weight is 428 g/mol. The highest BCUT2D eigenvalue weighted by atomic mass is 16.2. The van der Waals surface area contributed by atoms with Crippen molar-refractivity contribution >= 4 is 33.9 Å². The van der Waals surface area contributed by atoms with Crippen molar-refractivity contribution in [1.82, 2.24) is 29.7 Å². The van der Waals surface area contributed by atoms with Gasteiger partial charge in [-0.15, -0.1) is 0 Å². The van der Waals surface area contributed by atoms with Crippen LogP contribution < -0.4 is 10.6 Å². The highest BCUT2D eigenvalue weighted by molar-refractivity contribution is 5.82. The van der Waals surface area contributed by atoms with Crippen LogP contribution in [-0.4, -0.2) is 44.0 Å². The zero-order chi connectivity index (χ0) is 22.5. The van der Waals surface area contributed by atoms with Crippen molar-refractivity contribution in [3.63, 3.8) is 0 Å². The van der Waals surface area contributed by atoms with Crippen LogP contribution in [0.4, 0.5) is 0 Å². The largest absolute Gasteiger partial charge is 0.344 e. The quantitative estimate of drug-likeness (QED) is 0.459. The van der Waals surface area contributed by atoms with Crippen molar-refractivity contribution in [2.75, 3.05) is 13.1 Å². The Labute approximate surface area is 185 Å². The van der Waals surface area contributed by atoms with Gasteiger partial charge < -0.3 is 19.8 Å². The summed E-state index contributed by atoms with van der Waals surface area (Å²) in [6.07, 6.45) is 3.32. The van der Waals surface area contributed by atoms with Crippen LogP contribution in [0.25, 0.3) is 22.1 Å². The highest BCUT2D eigenvalue weighted by Crippen LogP contribution is 2.15. The Bertz CT molecular complexity index is 1250. The number of aromatic nitrogens is 4. The molecule has 4 aromatic rings.